The Morgan fingerprint density at radius 2 is 1.97 bits per heavy atom. The molecule has 2 N–H and O–H groups in total. The maximum atomic E-state index is 12.6. The van der Waals surface area contributed by atoms with Crippen LogP contribution in [0.2, 0.25) is 0 Å². The lowest BCUT2D eigenvalue weighted by molar-refractivity contribution is -0.122. The van der Waals surface area contributed by atoms with Crippen LogP contribution in [0.15, 0.2) is 41.5 Å². The molecule has 0 aromatic heterocycles. The molecule has 2 amide bonds. The summed E-state index contributed by atoms with van der Waals surface area (Å²) >= 11 is 0. The molecule has 1 aromatic carbocycles. The average Bonchev–Trinajstić information content (AvgIpc) is 2.76. The molecule has 0 saturated carbocycles. The van der Waals surface area contributed by atoms with Crippen LogP contribution in [0, 0.1) is 0 Å². The molecule has 0 fully saturated rings. The van der Waals surface area contributed by atoms with Gasteiger partial charge >= 0.3 is 0 Å². The Morgan fingerprint density at radius 1 is 1.16 bits per heavy atom. The maximum Gasteiger partial charge on any atom is 0.255 e. The number of allylic oxidation sites excluding steroid dienone is 3. The second kappa shape index (κ2) is 13.6. The number of benzene rings is 1. The number of amides is 2. The summed E-state index contributed by atoms with van der Waals surface area (Å²) in [5.74, 6) is 0.853. The number of methoxy groups -OCH3 is 1. The highest BCUT2D eigenvalue weighted by molar-refractivity contribution is 5.97. The Bertz CT molecular complexity index is 828. The highest BCUT2D eigenvalue weighted by atomic mass is 16.5. The van der Waals surface area contributed by atoms with Crippen molar-refractivity contribution >= 4 is 11.8 Å². The summed E-state index contributed by atoms with van der Waals surface area (Å²) in [6.07, 6.45) is 7.23. The van der Waals surface area contributed by atoms with Gasteiger partial charge in [0.25, 0.3) is 5.91 Å². The number of ether oxygens (including phenoxy) is 2. The second-order valence-corrected chi connectivity index (χ2v) is 8.28. The molecule has 1 aliphatic rings. The van der Waals surface area contributed by atoms with Crippen LogP contribution in [0.3, 0.4) is 0 Å². The van der Waals surface area contributed by atoms with E-state index in [4.69, 9.17) is 9.47 Å². The molecule has 176 valence electrons. The predicted molar refractivity (Wildman–Crippen MR) is 127 cm³/mol. The van der Waals surface area contributed by atoms with Crippen LogP contribution in [-0.4, -0.2) is 63.2 Å². The lowest BCUT2D eigenvalue weighted by Gasteiger charge is -2.22. The van der Waals surface area contributed by atoms with Gasteiger partial charge in [-0.1, -0.05) is 23.3 Å². The Balaban J connectivity index is 2.00. The molecular weight excluding hydrogens is 406 g/mol. The van der Waals surface area contributed by atoms with Crippen molar-refractivity contribution in [2.45, 2.75) is 40.0 Å². The predicted octanol–water partition coefficient (Wildman–Crippen LogP) is 3.32. The normalized spacial score (nSPS) is 16.7. The fourth-order valence-electron chi connectivity index (χ4n) is 3.36. The topological polar surface area (TPSA) is 79.9 Å². The van der Waals surface area contributed by atoms with Crippen molar-refractivity contribution in [1.82, 2.24) is 15.5 Å². The van der Waals surface area contributed by atoms with E-state index in [-0.39, 0.29) is 18.4 Å². The van der Waals surface area contributed by atoms with Crippen molar-refractivity contribution in [3.8, 4) is 11.5 Å². The number of hydrogen-bond acceptors (Lipinski definition) is 5. The first-order valence-corrected chi connectivity index (χ1v) is 11.3. The first kappa shape index (κ1) is 25.5. The Morgan fingerprint density at radius 3 is 2.72 bits per heavy atom. The summed E-state index contributed by atoms with van der Waals surface area (Å²) in [7, 11) is 1.57. The van der Waals surface area contributed by atoms with Crippen molar-refractivity contribution in [3.63, 3.8) is 0 Å². The van der Waals surface area contributed by atoms with Crippen LogP contribution in [0.5, 0.6) is 11.5 Å². The lowest BCUT2D eigenvalue weighted by Crippen LogP contribution is -2.40. The highest BCUT2D eigenvalue weighted by Crippen LogP contribution is 2.25. The van der Waals surface area contributed by atoms with Crippen molar-refractivity contribution in [2.24, 2.45) is 0 Å². The van der Waals surface area contributed by atoms with Crippen LogP contribution in [0.25, 0.3) is 0 Å². The van der Waals surface area contributed by atoms with Gasteiger partial charge in [0, 0.05) is 25.7 Å². The van der Waals surface area contributed by atoms with E-state index < -0.39 is 0 Å². The van der Waals surface area contributed by atoms with Gasteiger partial charge < -0.3 is 20.1 Å². The fraction of sp³-hybridized carbons (Fsp3) is 0.520. The molecule has 0 radical (unpaired) electrons. The van der Waals surface area contributed by atoms with Gasteiger partial charge in [-0.2, -0.15) is 0 Å². The number of fused-ring (bicyclic) bond motifs is 1. The summed E-state index contributed by atoms with van der Waals surface area (Å²) in [5.41, 5.74) is 3.11. The number of nitrogens with one attached hydrogen (secondary N) is 2. The van der Waals surface area contributed by atoms with E-state index in [0.717, 1.165) is 25.8 Å². The van der Waals surface area contributed by atoms with Gasteiger partial charge in [0.1, 0.15) is 18.1 Å². The number of nitrogens with zero attached hydrogens (tertiary/aromatic N) is 1. The largest absolute Gasteiger partial charge is 0.497 e. The summed E-state index contributed by atoms with van der Waals surface area (Å²) in [4.78, 5) is 27.2. The molecule has 0 saturated heterocycles. The number of rotatable bonds is 6. The first-order chi connectivity index (χ1) is 15.4. The molecule has 7 heteroatoms. The summed E-state index contributed by atoms with van der Waals surface area (Å²) in [6, 6.07) is 5.13. The van der Waals surface area contributed by atoms with Crippen LogP contribution < -0.4 is 20.1 Å². The monoisotopic (exact) mass is 443 g/mol. The Kier molecular flexibility index (Phi) is 10.8. The van der Waals surface area contributed by atoms with E-state index >= 15 is 0 Å². The van der Waals surface area contributed by atoms with E-state index in [2.05, 4.69) is 48.5 Å². The lowest BCUT2D eigenvalue weighted by atomic mass is 10.1. The first-order valence-electron chi connectivity index (χ1n) is 11.3. The second-order valence-electron chi connectivity index (χ2n) is 8.28. The molecule has 0 atom stereocenters. The van der Waals surface area contributed by atoms with Crippen LogP contribution in [0.1, 0.15) is 50.4 Å². The molecule has 1 heterocycles. The Hall–Kier alpha value is -2.80. The van der Waals surface area contributed by atoms with Gasteiger partial charge in [-0.15, -0.1) is 0 Å². The van der Waals surface area contributed by atoms with E-state index in [0.29, 0.717) is 43.2 Å². The zero-order valence-corrected chi connectivity index (χ0v) is 19.8. The fourth-order valence-corrected chi connectivity index (χ4v) is 3.36. The SMILES string of the molecule is COc1ccc2c(c1)OCCNC(=O)CN(C/C=C(\C)CCC=C(C)C)CCCNC2=O. The third-order valence-electron chi connectivity index (χ3n) is 5.21. The molecule has 2 rings (SSSR count). The highest BCUT2D eigenvalue weighted by Gasteiger charge is 2.16. The summed E-state index contributed by atoms with van der Waals surface area (Å²) in [5, 5.41) is 5.86. The van der Waals surface area contributed by atoms with Gasteiger partial charge in [0.15, 0.2) is 0 Å². The molecule has 7 nitrogen and oxygen atoms in total. The molecular formula is C25H37N3O4. The van der Waals surface area contributed by atoms with Gasteiger partial charge in [0.05, 0.1) is 25.8 Å². The zero-order valence-electron chi connectivity index (χ0n) is 19.8. The third-order valence-corrected chi connectivity index (χ3v) is 5.21. The quantitative estimate of drug-likeness (QED) is 0.660. The van der Waals surface area contributed by atoms with E-state index in [1.54, 1.807) is 25.3 Å². The molecule has 1 aliphatic heterocycles. The van der Waals surface area contributed by atoms with Crippen molar-refractivity contribution in [3.05, 3.63) is 47.1 Å². The number of hydrogen-bond donors (Lipinski definition) is 2. The molecule has 1 aromatic rings. The van der Waals surface area contributed by atoms with Gasteiger partial charge in [-0.3, -0.25) is 14.5 Å². The summed E-state index contributed by atoms with van der Waals surface area (Å²) in [6.45, 7) is 9.24. The van der Waals surface area contributed by atoms with Crippen molar-refractivity contribution in [2.75, 3.05) is 46.4 Å². The van der Waals surface area contributed by atoms with Crippen molar-refractivity contribution < 1.29 is 19.1 Å². The summed E-state index contributed by atoms with van der Waals surface area (Å²) < 4.78 is 11.0. The minimum atomic E-state index is -0.176. The molecule has 0 spiro atoms. The van der Waals surface area contributed by atoms with Gasteiger partial charge in [-0.05, 0) is 52.2 Å². The molecule has 0 bridgehead atoms. The maximum absolute atomic E-state index is 12.6. The van der Waals surface area contributed by atoms with Crippen LogP contribution >= 0.6 is 0 Å². The smallest absolute Gasteiger partial charge is 0.255 e. The number of carbonyl (C=O) groups excluding carboxylic acids is 2. The molecule has 0 aliphatic carbocycles. The molecule has 32 heavy (non-hydrogen) atoms. The minimum Gasteiger partial charge on any atom is -0.497 e. The van der Waals surface area contributed by atoms with Gasteiger partial charge in [-0.25, -0.2) is 0 Å². The Labute approximate surface area is 191 Å². The average molecular weight is 444 g/mol. The van der Waals surface area contributed by atoms with Crippen LogP contribution in [-0.2, 0) is 4.79 Å². The minimum absolute atomic E-state index is 0.0313. The zero-order chi connectivity index (χ0) is 23.3. The van der Waals surface area contributed by atoms with Crippen molar-refractivity contribution in [1.29, 1.82) is 0 Å². The van der Waals surface area contributed by atoms with E-state index in [1.807, 2.05) is 0 Å². The molecule has 0 unspecified atom stereocenters. The van der Waals surface area contributed by atoms with Gasteiger partial charge in [0.2, 0.25) is 5.91 Å². The van der Waals surface area contributed by atoms with E-state index in [1.165, 1.54) is 11.1 Å². The van der Waals surface area contributed by atoms with Crippen LogP contribution in [0.4, 0.5) is 0 Å². The standard InChI is InChI=1S/C25H37N3O4/c1-19(2)7-5-8-20(3)11-15-28-14-6-12-27-25(30)22-10-9-21(31-4)17-23(22)32-16-13-26-24(29)18-28/h7,9-11,17H,5-6,8,12-16,18H2,1-4H3,(H,26,29)(H,27,30)/b20-11+. The third kappa shape index (κ3) is 9.14. The number of carbonyl (C=O) groups is 2. The van der Waals surface area contributed by atoms with E-state index in [9.17, 15) is 9.59 Å².